The standard InChI is InChI=1S/C21H28N4O2S/c1-4-26-19-9-7-18(8-10-19)25-15(2)12-17(16(25)3)13-23-24-21(28)22-14-20-6-5-11-27-20/h7-10,12-13,20H,4-6,11,14H2,1-3H3,(H2,22,24,28)/b23-13-/t20-/m0/s1. The van der Waals surface area contributed by atoms with E-state index >= 15 is 0 Å². The van der Waals surface area contributed by atoms with Crippen LogP contribution < -0.4 is 15.5 Å². The SMILES string of the molecule is CCOc1ccc(-n2c(C)cc(/C=N\NC(=S)NC[C@@H]3CCCO3)c2C)cc1. The van der Waals surface area contributed by atoms with E-state index in [0.717, 1.165) is 47.8 Å². The number of thiocarbonyl (C=S) groups is 1. The van der Waals surface area contributed by atoms with Crippen molar-refractivity contribution in [1.82, 2.24) is 15.3 Å². The first-order valence-corrected chi connectivity index (χ1v) is 10.1. The van der Waals surface area contributed by atoms with Crippen LogP contribution in [0.25, 0.3) is 5.69 Å². The number of hydrogen-bond donors (Lipinski definition) is 2. The van der Waals surface area contributed by atoms with Gasteiger partial charge in [-0.3, -0.25) is 5.43 Å². The Morgan fingerprint density at radius 1 is 1.36 bits per heavy atom. The topological polar surface area (TPSA) is 59.8 Å². The minimum Gasteiger partial charge on any atom is -0.494 e. The summed E-state index contributed by atoms with van der Waals surface area (Å²) in [6.45, 7) is 8.37. The number of ether oxygens (including phenoxy) is 2. The fourth-order valence-electron chi connectivity index (χ4n) is 3.39. The second-order valence-electron chi connectivity index (χ2n) is 6.80. The first-order valence-electron chi connectivity index (χ1n) is 9.69. The Morgan fingerprint density at radius 2 is 2.14 bits per heavy atom. The molecule has 0 radical (unpaired) electrons. The Hall–Kier alpha value is -2.38. The van der Waals surface area contributed by atoms with Gasteiger partial charge in [0.25, 0.3) is 0 Å². The van der Waals surface area contributed by atoms with Crippen LogP contribution in [0.4, 0.5) is 0 Å². The van der Waals surface area contributed by atoms with E-state index in [2.05, 4.69) is 52.5 Å². The number of aromatic nitrogens is 1. The molecule has 2 aromatic rings. The van der Waals surface area contributed by atoms with E-state index in [1.165, 1.54) is 0 Å². The molecule has 1 saturated heterocycles. The van der Waals surface area contributed by atoms with Gasteiger partial charge in [0.1, 0.15) is 5.75 Å². The Kier molecular flexibility index (Phi) is 7.06. The van der Waals surface area contributed by atoms with Crippen molar-refractivity contribution >= 4 is 23.5 Å². The summed E-state index contributed by atoms with van der Waals surface area (Å²) in [7, 11) is 0. The summed E-state index contributed by atoms with van der Waals surface area (Å²) >= 11 is 5.27. The van der Waals surface area contributed by atoms with Gasteiger partial charge in [-0.15, -0.1) is 0 Å². The second-order valence-corrected chi connectivity index (χ2v) is 7.21. The number of nitrogens with zero attached hydrogens (tertiary/aromatic N) is 2. The molecule has 0 bridgehead atoms. The van der Waals surface area contributed by atoms with E-state index < -0.39 is 0 Å². The average molecular weight is 401 g/mol. The van der Waals surface area contributed by atoms with Gasteiger partial charge in [0.2, 0.25) is 0 Å². The molecule has 2 heterocycles. The van der Waals surface area contributed by atoms with Gasteiger partial charge in [0.15, 0.2) is 5.11 Å². The number of hydrazone groups is 1. The molecular weight excluding hydrogens is 372 g/mol. The summed E-state index contributed by atoms with van der Waals surface area (Å²) < 4.78 is 13.3. The van der Waals surface area contributed by atoms with Crippen LogP contribution in [-0.4, -0.2) is 41.8 Å². The van der Waals surface area contributed by atoms with Crippen LogP contribution in [0.2, 0.25) is 0 Å². The van der Waals surface area contributed by atoms with Crippen LogP contribution in [0.15, 0.2) is 35.4 Å². The van der Waals surface area contributed by atoms with Crippen LogP contribution in [-0.2, 0) is 4.74 Å². The van der Waals surface area contributed by atoms with Crippen LogP contribution in [0, 0.1) is 13.8 Å². The molecule has 1 aromatic heterocycles. The third-order valence-corrected chi connectivity index (χ3v) is 5.00. The van der Waals surface area contributed by atoms with Gasteiger partial charge in [-0.25, -0.2) is 0 Å². The monoisotopic (exact) mass is 400 g/mol. The first-order chi connectivity index (χ1) is 13.6. The van der Waals surface area contributed by atoms with Crippen LogP contribution in [0.3, 0.4) is 0 Å². The van der Waals surface area contributed by atoms with E-state index in [1.54, 1.807) is 6.21 Å². The number of hydrogen-bond acceptors (Lipinski definition) is 4. The largest absolute Gasteiger partial charge is 0.494 e. The van der Waals surface area contributed by atoms with Crippen molar-refractivity contribution in [2.45, 2.75) is 39.7 Å². The molecule has 1 fully saturated rings. The van der Waals surface area contributed by atoms with Crippen molar-refractivity contribution in [2.24, 2.45) is 5.10 Å². The molecule has 0 aliphatic carbocycles. The van der Waals surface area contributed by atoms with Crippen molar-refractivity contribution in [3.8, 4) is 11.4 Å². The summed E-state index contributed by atoms with van der Waals surface area (Å²) in [4.78, 5) is 0. The quantitative estimate of drug-likeness (QED) is 0.423. The van der Waals surface area contributed by atoms with E-state index in [9.17, 15) is 0 Å². The Morgan fingerprint density at radius 3 is 2.82 bits per heavy atom. The molecule has 1 aliphatic rings. The molecular formula is C21H28N4O2S. The average Bonchev–Trinajstić information content (AvgIpc) is 3.30. The third kappa shape index (κ3) is 5.11. The van der Waals surface area contributed by atoms with Crippen molar-refractivity contribution < 1.29 is 9.47 Å². The van der Waals surface area contributed by atoms with Crippen molar-refractivity contribution in [3.05, 3.63) is 47.3 Å². The normalized spacial score (nSPS) is 16.5. The molecule has 2 N–H and O–H groups in total. The maximum absolute atomic E-state index is 5.57. The van der Waals surface area contributed by atoms with Crippen molar-refractivity contribution in [3.63, 3.8) is 0 Å². The molecule has 1 aromatic carbocycles. The van der Waals surface area contributed by atoms with Gasteiger partial charge >= 0.3 is 0 Å². The lowest BCUT2D eigenvalue weighted by atomic mass is 10.2. The molecule has 3 rings (SSSR count). The van der Waals surface area contributed by atoms with Gasteiger partial charge < -0.3 is 19.4 Å². The maximum atomic E-state index is 5.57. The lowest BCUT2D eigenvalue weighted by Gasteiger charge is -2.12. The van der Waals surface area contributed by atoms with Crippen molar-refractivity contribution in [1.29, 1.82) is 0 Å². The van der Waals surface area contributed by atoms with E-state index in [-0.39, 0.29) is 6.10 Å². The maximum Gasteiger partial charge on any atom is 0.187 e. The van der Waals surface area contributed by atoms with Gasteiger partial charge in [-0.1, -0.05) is 0 Å². The third-order valence-electron chi connectivity index (χ3n) is 4.76. The summed E-state index contributed by atoms with van der Waals surface area (Å²) in [5.74, 6) is 0.878. The smallest absolute Gasteiger partial charge is 0.187 e. The molecule has 1 aliphatic heterocycles. The fraction of sp³-hybridized carbons (Fsp3) is 0.429. The Labute approximate surface area is 171 Å². The molecule has 150 valence electrons. The van der Waals surface area contributed by atoms with Crippen molar-refractivity contribution in [2.75, 3.05) is 19.8 Å². The second kappa shape index (κ2) is 9.71. The van der Waals surface area contributed by atoms with Gasteiger partial charge in [-0.05, 0) is 76.2 Å². The predicted octanol–water partition coefficient (Wildman–Crippen LogP) is 3.47. The lowest BCUT2D eigenvalue weighted by Crippen LogP contribution is -2.37. The minimum absolute atomic E-state index is 0.247. The molecule has 1 atom stereocenters. The van der Waals surface area contributed by atoms with Gasteiger partial charge in [0, 0.05) is 35.8 Å². The molecule has 6 nitrogen and oxygen atoms in total. The molecule has 0 saturated carbocycles. The molecule has 0 spiro atoms. The van der Waals surface area contributed by atoms with Crippen LogP contribution in [0.1, 0.15) is 36.7 Å². The van der Waals surface area contributed by atoms with E-state index in [0.29, 0.717) is 18.3 Å². The predicted molar refractivity (Wildman–Crippen MR) is 117 cm³/mol. The number of aryl methyl sites for hydroxylation is 1. The van der Waals surface area contributed by atoms with Crippen LogP contribution in [0.5, 0.6) is 5.75 Å². The molecule has 0 unspecified atom stereocenters. The highest BCUT2D eigenvalue weighted by Gasteiger charge is 2.15. The highest BCUT2D eigenvalue weighted by atomic mass is 32.1. The fourth-order valence-corrected chi connectivity index (χ4v) is 3.52. The minimum atomic E-state index is 0.247. The zero-order chi connectivity index (χ0) is 19.9. The van der Waals surface area contributed by atoms with E-state index in [1.807, 2.05) is 19.1 Å². The summed E-state index contributed by atoms with van der Waals surface area (Å²) in [5, 5.41) is 7.94. The van der Waals surface area contributed by atoms with Crippen LogP contribution >= 0.6 is 12.2 Å². The number of rotatable bonds is 7. The molecule has 28 heavy (non-hydrogen) atoms. The van der Waals surface area contributed by atoms with E-state index in [4.69, 9.17) is 21.7 Å². The highest BCUT2D eigenvalue weighted by molar-refractivity contribution is 7.80. The summed E-state index contributed by atoms with van der Waals surface area (Å²) in [6, 6.07) is 10.2. The Bertz CT molecular complexity index is 824. The zero-order valence-electron chi connectivity index (χ0n) is 16.7. The van der Waals surface area contributed by atoms with Gasteiger partial charge in [0.05, 0.1) is 18.9 Å². The summed E-state index contributed by atoms with van der Waals surface area (Å²) in [5.41, 5.74) is 7.28. The van der Waals surface area contributed by atoms with Gasteiger partial charge in [-0.2, -0.15) is 5.10 Å². The number of benzene rings is 1. The molecule has 7 heteroatoms. The number of nitrogens with one attached hydrogen (secondary N) is 2. The Balaban J connectivity index is 1.60. The molecule has 0 amide bonds. The highest BCUT2D eigenvalue weighted by Crippen LogP contribution is 2.22. The summed E-state index contributed by atoms with van der Waals surface area (Å²) in [6.07, 6.45) is 4.25. The zero-order valence-corrected chi connectivity index (χ0v) is 17.5. The lowest BCUT2D eigenvalue weighted by molar-refractivity contribution is 0.114. The first kappa shape index (κ1) is 20.4.